The first kappa shape index (κ1) is 14.3. The van der Waals surface area contributed by atoms with Crippen LogP contribution < -0.4 is 5.32 Å². The van der Waals surface area contributed by atoms with Crippen molar-refractivity contribution in [2.45, 2.75) is 78.0 Å². The summed E-state index contributed by atoms with van der Waals surface area (Å²) in [6.45, 7) is 9.43. The highest BCUT2D eigenvalue weighted by Gasteiger charge is 2.49. The van der Waals surface area contributed by atoms with Crippen LogP contribution in [-0.2, 0) is 4.74 Å². The molecule has 2 aliphatic rings. The van der Waals surface area contributed by atoms with E-state index >= 15 is 0 Å². The van der Waals surface area contributed by atoms with Crippen molar-refractivity contribution in [2.75, 3.05) is 7.11 Å². The molecule has 2 fully saturated rings. The van der Waals surface area contributed by atoms with E-state index in [0.717, 1.165) is 17.9 Å². The molecule has 4 unspecified atom stereocenters. The monoisotopic (exact) mass is 253 g/mol. The van der Waals surface area contributed by atoms with E-state index in [2.05, 4.69) is 33.0 Å². The molecule has 0 bridgehead atoms. The lowest BCUT2D eigenvalue weighted by Crippen LogP contribution is -2.62. The van der Waals surface area contributed by atoms with Gasteiger partial charge in [-0.1, -0.05) is 40.5 Å². The van der Waals surface area contributed by atoms with Gasteiger partial charge in [0.15, 0.2) is 0 Å². The molecule has 2 saturated carbocycles. The van der Waals surface area contributed by atoms with Crippen LogP contribution in [-0.4, -0.2) is 25.3 Å². The van der Waals surface area contributed by atoms with Crippen molar-refractivity contribution >= 4 is 0 Å². The van der Waals surface area contributed by atoms with Crippen LogP contribution in [0.4, 0.5) is 0 Å². The third-order valence-corrected chi connectivity index (χ3v) is 5.56. The van der Waals surface area contributed by atoms with Crippen LogP contribution in [0.2, 0.25) is 0 Å². The first-order valence-corrected chi connectivity index (χ1v) is 7.74. The molecule has 1 N–H and O–H groups in total. The fourth-order valence-corrected chi connectivity index (χ4v) is 3.84. The van der Waals surface area contributed by atoms with E-state index in [1.165, 1.54) is 32.1 Å². The molecule has 0 heterocycles. The lowest BCUT2D eigenvalue weighted by Gasteiger charge is -2.53. The summed E-state index contributed by atoms with van der Waals surface area (Å²) in [5.74, 6) is 1.77. The Morgan fingerprint density at radius 3 is 2.44 bits per heavy atom. The van der Waals surface area contributed by atoms with Gasteiger partial charge in [-0.2, -0.15) is 0 Å². The van der Waals surface area contributed by atoms with Crippen molar-refractivity contribution in [1.29, 1.82) is 0 Å². The molecule has 0 aromatic carbocycles. The topological polar surface area (TPSA) is 21.3 Å². The predicted molar refractivity (Wildman–Crippen MR) is 76.7 cm³/mol. The first-order chi connectivity index (χ1) is 8.45. The molecular formula is C16H31NO. The maximum atomic E-state index is 5.54. The van der Waals surface area contributed by atoms with E-state index in [1.807, 2.05) is 7.11 Å². The number of rotatable bonds is 4. The lowest BCUT2D eigenvalue weighted by molar-refractivity contribution is -0.102. The summed E-state index contributed by atoms with van der Waals surface area (Å²) < 4.78 is 5.54. The second-order valence-corrected chi connectivity index (χ2v) is 7.37. The highest BCUT2D eigenvalue weighted by molar-refractivity contribution is 5.03. The van der Waals surface area contributed by atoms with Crippen LogP contribution >= 0.6 is 0 Å². The average Bonchev–Trinajstić information content (AvgIpc) is 2.34. The fourth-order valence-electron chi connectivity index (χ4n) is 3.84. The van der Waals surface area contributed by atoms with E-state index in [0.29, 0.717) is 17.6 Å². The van der Waals surface area contributed by atoms with Crippen molar-refractivity contribution in [3.05, 3.63) is 0 Å². The molecule has 4 atom stereocenters. The Kier molecular flexibility index (Phi) is 4.38. The smallest absolute Gasteiger partial charge is 0.0652 e. The highest BCUT2D eigenvalue weighted by Crippen LogP contribution is 2.43. The van der Waals surface area contributed by atoms with Crippen molar-refractivity contribution in [3.8, 4) is 0 Å². The minimum absolute atomic E-state index is 0.305. The largest absolute Gasteiger partial charge is 0.381 e. The molecule has 2 rings (SSSR count). The summed E-state index contributed by atoms with van der Waals surface area (Å²) in [6, 6.07) is 1.39. The summed E-state index contributed by atoms with van der Waals surface area (Å²) in [4.78, 5) is 0. The van der Waals surface area contributed by atoms with E-state index in [-0.39, 0.29) is 0 Å². The van der Waals surface area contributed by atoms with Gasteiger partial charge in [-0.15, -0.1) is 0 Å². The molecule has 0 saturated heterocycles. The first-order valence-electron chi connectivity index (χ1n) is 7.74. The minimum atomic E-state index is 0.305. The van der Waals surface area contributed by atoms with E-state index in [4.69, 9.17) is 4.74 Å². The summed E-state index contributed by atoms with van der Waals surface area (Å²) in [5.41, 5.74) is 0.305. The van der Waals surface area contributed by atoms with Gasteiger partial charge in [0.25, 0.3) is 0 Å². The molecule has 0 aliphatic heterocycles. The van der Waals surface area contributed by atoms with Crippen molar-refractivity contribution < 1.29 is 4.74 Å². The summed E-state index contributed by atoms with van der Waals surface area (Å²) in [6.07, 6.45) is 7.22. The maximum Gasteiger partial charge on any atom is 0.0652 e. The average molecular weight is 253 g/mol. The van der Waals surface area contributed by atoms with Gasteiger partial charge in [0, 0.05) is 24.6 Å². The molecule has 106 valence electrons. The van der Waals surface area contributed by atoms with Crippen molar-refractivity contribution in [3.63, 3.8) is 0 Å². The molecule has 2 aliphatic carbocycles. The number of methoxy groups -OCH3 is 1. The van der Waals surface area contributed by atoms with Crippen LogP contribution in [0.3, 0.4) is 0 Å². The number of hydrogen-bond acceptors (Lipinski definition) is 2. The van der Waals surface area contributed by atoms with E-state index < -0.39 is 0 Å². The molecular weight excluding hydrogens is 222 g/mol. The molecule has 0 amide bonds. The van der Waals surface area contributed by atoms with Gasteiger partial charge in [0.2, 0.25) is 0 Å². The van der Waals surface area contributed by atoms with Crippen LogP contribution in [0.1, 0.15) is 59.8 Å². The molecule has 18 heavy (non-hydrogen) atoms. The zero-order valence-electron chi connectivity index (χ0n) is 12.8. The number of hydrogen-bond donors (Lipinski definition) is 1. The number of nitrogens with one attached hydrogen (secondary N) is 1. The van der Waals surface area contributed by atoms with Gasteiger partial charge in [-0.3, -0.25) is 0 Å². The summed E-state index contributed by atoms with van der Waals surface area (Å²) in [7, 11) is 1.85. The summed E-state index contributed by atoms with van der Waals surface area (Å²) in [5, 5.41) is 3.91. The van der Waals surface area contributed by atoms with Gasteiger partial charge in [-0.25, -0.2) is 0 Å². The zero-order valence-corrected chi connectivity index (χ0v) is 12.8. The quantitative estimate of drug-likeness (QED) is 0.826. The summed E-state index contributed by atoms with van der Waals surface area (Å²) >= 11 is 0. The molecule has 2 heteroatoms. The van der Waals surface area contributed by atoms with Crippen LogP contribution in [0.15, 0.2) is 0 Å². The Balaban J connectivity index is 1.84. The van der Waals surface area contributed by atoms with Gasteiger partial charge in [0.1, 0.15) is 0 Å². The minimum Gasteiger partial charge on any atom is -0.381 e. The van der Waals surface area contributed by atoms with Crippen molar-refractivity contribution in [1.82, 2.24) is 5.32 Å². The van der Waals surface area contributed by atoms with Gasteiger partial charge in [-0.05, 0) is 31.1 Å². The van der Waals surface area contributed by atoms with E-state index in [9.17, 15) is 0 Å². The van der Waals surface area contributed by atoms with Gasteiger partial charge in [0.05, 0.1) is 6.10 Å². The molecule has 2 nitrogen and oxygen atoms in total. The van der Waals surface area contributed by atoms with Gasteiger partial charge < -0.3 is 10.1 Å². The predicted octanol–water partition coefficient (Wildman–Crippen LogP) is 3.60. The highest BCUT2D eigenvalue weighted by atomic mass is 16.5. The van der Waals surface area contributed by atoms with Crippen molar-refractivity contribution in [2.24, 2.45) is 17.3 Å². The third kappa shape index (κ3) is 2.75. The zero-order chi connectivity index (χ0) is 13.3. The Labute approximate surface area is 113 Å². The second-order valence-electron chi connectivity index (χ2n) is 7.37. The Morgan fingerprint density at radius 1 is 1.17 bits per heavy atom. The molecule has 0 aromatic heterocycles. The normalized spacial score (nSPS) is 39.7. The standard InChI is InChI=1S/C16H31NO/c1-11(2)12-7-6-8-13(9-12)17-14-10-15(18-5)16(14,3)4/h11-15,17H,6-10H2,1-5H3. The Bertz CT molecular complexity index is 274. The molecule has 0 aromatic rings. The SMILES string of the molecule is COC1CC(NC2CCCC(C(C)C)C2)C1(C)C. The Hall–Kier alpha value is -0.0800. The van der Waals surface area contributed by atoms with Crippen LogP contribution in [0, 0.1) is 17.3 Å². The lowest BCUT2D eigenvalue weighted by atomic mass is 9.64. The second kappa shape index (κ2) is 5.50. The molecule has 0 radical (unpaired) electrons. The van der Waals surface area contributed by atoms with E-state index in [1.54, 1.807) is 0 Å². The Morgan fingerprint density at radius 2 is 1.89 bits per heavy atom. The third-order valence-electron chi connectivity index (χ3n) is 5.56. The maximum absolute atomic E-state index is 5.54. The van der Waals surface area contributed by atoms with Crippen LogP contribution in [0.5, 0.6) is 0 Å². The molecule has 0 spiro atoms. The van der Waals surface area contributed by atoms with Gasteiger partial charge >= 0.3 is 0 Å². The fraction of sp³-hybridized carbons (Fsp3) is 1.00. The van der Waals surface area contributed by atoms with Crippen LogP contribution in [0.25, 0.3) is 0 Å². The number of ether oxygens (including phenoxy) is 1.